The van der Waals surface area contributed by atoms with E-state index in [1.807, 2.05) is 18.2 Å². The van der Waals surface area contributed by atoms with Gasteiger partial charge in [0.2, 0.25) is 5.91 Å². The summed E-state index contributed by atoms with van der Waals surface area (Å²) in [5.74, 6) is 0.770. The minimum atomic E-state index is -0.110. The van der Waals surface area contributed by atoms with Crippen LogP contribution in [0, 0.1) is 0 Å². The van der Waals surface area contributed by atoms with Gasteiger partial charge in [-0.3, -0.25) is 4.79 Å². The molecule has 17 heavy (non-hydrogen) atoms. The van der Waals surface area contributed by atoms with Crippen LogP contribution in [0.25, 0.3) is 0 Å². The number of carbonyl (C=O) groups is 1. The fraction of sp³-hybridized carbons (Fsp3) is 0.462. The molecule has 0 spiro atoms. The summed E-state index contributed by atoms with van der Waals surface area (Å²) in [5.41, 5.74) is 1.32. The number of hydrogen-bond acceptors (Lipinski definition) is 2. The van der Waals surface area contributed by atoms with Crippen molar-refractivity contribution < 1.29 is 9.53 Å². The van der Waals surface area contributed by atoms with Gasteiger partial charge < -0.3 is 10.1 Å². The third-order valence-corrected chi connectivity index (χ3v) is 3.52. The normalized spacial score (nSPS) is 16.4. The summed E-state index contributed by atoms with van der Waals surface area (Å²) >= 11 is 5.46. The lowest BCUT2D eigenvalue weighted by Gasteiger charge is -2.17. The molecule has 1 aromatic carbocycles. The van der Waals surface area contributed by atoms with Gasteiger partial charge in [0, 0.05) is 12.0 Å². The van der Waals surface area contributed by atoms with Crippen molar-refractivity contribution in [3.05, 3.63) is 29.8 Å². The zero-order valence-corrected chi connectivity index (χ0v) is 10.6. The fourth-order valence-electron chi connectivity index (χ4n) is 1.99. The molecular formula is C13H16ClNO2. The van der Waals surface area contributed by atoms with Gasteiger partial charge in [-0.05, 0) is 30.5 Å². The molecule has 1 aliphatic carbocycles. The molecule has 1 saturated carbocycles. The lowest BCUT2D eigenvalue weighted by atomic mass is 9.95. The minimum Gasteiger partial charge on any atom is -0.497 e. The van der Waals surface area contributed by atoms with E-state index in [1.165, 1.54) is 5.56 Å². The van der Waals surface area contributed by atoms with Crippen molar-refractivity contribution in [3.63, 3.8) is 0 Å². The molecule has 4 heteroatoms. The van der Waals surface area contributed by atoms with Crippen LogP contribution >= 0.6 is 11.6 Å². The zero-order chi connectivity index (χ0) is 12.3. The zero-order valence-electron chi connectivity index (χ0n) is 9.83. The number of alkyl halides is 1. The van der Waals surface area contributed by atoms with Crippen molar-refractivity contribution in [1.82, 2.24) is 5.32 Å². The molecule has 0 saturated heterocycles. The van der Waals surface area contributed by atoms with Crippen LogP contribution in [0.3, 0.4) is 0 Å². The van der Waals surface area contributed by atoms with Crippen molar-refractivity contribution in [2.45, 2.75) is 18.3 Å². The Morgan fingerprint density at radius 1 is 1.53 bits per heavy atom. The van der Waals surface area contributed by atoms with Gasteiger partial charge in [0.05, 0.1) is 7.11 Å². The first kappa shape index (κ1) is 12.2. The molecule has 92 valence electrons. The molecule has 0 radical (unpaired) electrons. The van der Waals surface area contributed by atoms with Gasteiger partial charge in [-0.1, -0.05) is 12.1 Å². The summed E-state index contributed by atoms with van der Waals surface area (Å²) in [6, 6.07) is 8.04. The van der Waals surface area contributed by atoms with E-state index in [0.29, 0.717) is 6.54 Å². The molecule has 2 rings (SSSR count). The minimum absolute atomic E-state index is 0.0220. The quantitative estimate of drug-likeness (QED) is 0.816. The highest BCUT2D eigenvalue weighted by molar-refractivity contribution is 6.27. The maximum Gasteiger partial charge on any atom is 0.234 e. The Balaban J connectivity index is 2.07. The standard InChI is InChI=1S/C13H16ClNO2/c1-17-11-4-2-3-10(7-11)13(5-6-13)9-15-12(16)8-14/h2-4,7H,5-6,8-9H2,1H3,(H,15,16). The lowest BCUT2D eigenvalue weighted by Crippen LogP contribution is -2.32. The highest BCUT2D eigenvalue weighted by Crippen LogP contribution is 2.48. The summed E-state index contributed by atoms with van der Waals surface area (Å²) in [5, 5.41) is 2.86. The molecule has 0 unspecified atom stereocenters. The second-order valence-corrected chi connectivity index (χ2v) is 4.69. The Labute approximate surface area is 106 Å². The lowest BCUT2D eigenvalue weighted by molar-refractivity contribution is -0.118. The van der Waals surface area contributed by atoms with Gasteiger partial charge in [-0.2, -0.15) is 0 Å². The summed E-state index contributed by atoms with van der Waals surface area (Å²) in [4.78, 5) is 11.2. The van der Waals surface area contributed by atoms with Crippen LogP contribution < -0.4 is 10.1 Å². The summed E-state index contributed by atoms with van der Waals surface area (Å²) in [7, 11) is 1.66. The van der Waals surface area contributed by atoms with Gasteiger partial charge in [0.25, 0.3) is 0 Å². The van der Waals surface area contributed by atoms with Crippen LogP contribution in [0.15, 0.2) is 24.3 Å². The number of methoxy groups -OCH3 is 1. The van der Waals surface area contributed by atoms with Crippen LogP contribution in [-0.2, 0) is 10.2 Å². The van der Waals surface area contributed by atoms with Crippen LogP contribution in [0.1, 0.15) is 18.4 Å². The average Bonchev–Trinajstić information content (AvgIpc) is 3.17. The molecule has 0 aromatic heterocycles. The molecule has 1 aromatic rings. The van der Waals surface area contributed by atoms with Crippen molar-refractivity contribution in [3.8, 4) is 5.75 Å². The second-order valence-electron chi connectivity index (χ2n) is 4.42. The summed E-state index contributed by atoms with van der Waals surface area (Å²) < 4.78 is 5.22. The first-order valence-electron chi connectivity index (χ1n) is 5.67. The molecule has 1 amide bonds. The first-order valence-corrected chi connectivity index (χ1v) is 6.21. The Hall–Kier alpha value is -1.22. The number of rotatable bonds is 5. The van der Waals surface area contributed by atoms with Gasteiger partial charge in [0.1, 0.15) is 11.6 Å². The molecule has 1 fully saturated rings. The van der Waals surface area contributed by atoms with E-state index >= 15 is 0 Å². The van der Waals surface area contributed by atoms with Crippen LogP contribution in [-0.4, -0.2) is 25.4 Å². The molecule has 0 atom stereocenters. The molecule has 1 aliphatic rings. The van der Waals surface area contributed by atoms with Crippen molar-refractivity contribution in [2.75, 3.05) is 19.5 Å². The smallest absolute Gasteiger partial charge is 0.234 e. The van der Waals surface area contributed by atoms with E-state index in [9.17, 15) is 4.79 Å². The predicted octanol–water partition coefficient (Wildman–Crippen LogP) is 2.08. The van der Waals surface area contributed by atoms with Crippen molar-refractivity contribution in [1.29, 1.82) is 0 Å². The van der Waals surface area contributed by atoms with E-state index in [4.69, 9.17) is 16.3 Å². The third kappa shape index (κ3) is 2.72. The highest BCUT2D eigenvalue weighted by Gasteiger charge is 2.44. The highest BCUT2D eigenvalue weighted by atomic mass is 35.5. The van der Waals surface area contributed by atoms with Gasteiger partial charge in [0.15, 0.2) is 0 Å². The van der Waals surface area contributed by atoms with Gasteiger partial charge in [-0.15, -0.1) is 11.6 Å². The van der Waals surface area contributed by atoms with Gasteiger partial charge in [-0.25, -0.2) is 0 Å². The molecule has 0 aliphatic heterocycles. The van der Waals surface area contributed by atoms with Crippen molar-refractivity contribution >= 4 is 17.5 Å². The topological polar surface area (TPSA) is 38.3 Å². The fourth-order valence-corrected chi connectivity index (χ4v) is 2.08. The number of nitrogens with one attached hydrogen (secondary N) is 1. The predicted molar refractivity (Wildman–Crippen MR) is 67.6 cm³/mol. The number of benzene rings is 1. The summed E-state index contributed by atoms with van der Waals surface area (Å²) in [6.45, 7) is 0.658. The summed E-state index contributed by atoms with van der Waals surface area (Å²) in [6.07, 6.45) is 2.20. The third-order valence-electron chi connectivity index (χ3n) is 3.28. The Morgan fingerprint density at radius 3 is 2.88 bits per heavy atom. The van der Waals surface area contributed by atoms with Crippen LogP contribution in [0.2, 0.25) is 0 Å². The Kier molecular flexibility index (Phi) is 3.57. The maximum atomic E-state index is 11.2. The number of carbonyl (C=O) groups excluding carboxylic acids is 1. The molecule has 0 bridgehead atoms. The molecule has 0 heterocycles. The van der Waals surface area contributed by atoms with E-state index in [-0.39, 0.29) is 17.2 Å². The Morgan fingerprint density at radius 2 is 2.29 bits per heavy atom. The molecule has 1 N–H and O–H groups in total. The van der Waals surface area contributed by atoms with E-state index < -0.39 is 0 Å². The van der Waals surface area contributed by atoms with Crippen molar-refractivity contribution in [2.24, 2.45) is 0 Å². The average molecular weight is 254 g/mol. The van der Waals surface area contributed by atoms with E-state index in [0.717, 1.165) is 18.6 Å². The number of ether oxygens (including phenoxy) is 1. The monoisotopic (exact) mass is 253 g/mol. The SMILES string of the molecule is COc1cccc(C2(CNC(=O)CCl)CC2)c1. The van der Waals surface area contributed by atoms with E-state index in [2.05, 4.69) is 11.4 Å². The van der Waals surface area contributed by atoms with E-state index in [1.54, 1.807) is 7.11 Å². The largest absolute Gasteiger partial charge is 0.497 e. The molecule has 3 nitrogen and oxygen atoms in total. The second kappa shape index (κ2) is 4.96. The van der Waals surface area contributed by atoms with Gasteiger partial charge >= 0.3 is 0 Å². The maximum absolute atomic E-state index is 11.2. The number of amides is 1. The first-order chi connectivity index (χ1) is 8.20. The Bertz CT molecular complexity index is 416. The molecular weight excluding hydrogens is 238 g/mol. The number of hydrogen-bond donors (Lipinski definition) is 1. The van der Waals surface area contributed by atoms with Crippen LogP contribution in [0.5, 0.6) is 5.75 Å². The van der Waals surface area contributed by atoms with Crippen LogP contribution in [0.4, 0.5) is 0 Å². The number of halogens is 1.